The molecule has 1 fully saturated rings. The zero-order valence-electron chi connectivity index (χ0n) is 14.3. The van der Waals surface area contributed by atoms with E-state index in [9.17, 15) is 13.2 Å². The summed E-state index contributed by atoms with van der Waals surface area (Å²) < 4.78 is 28.8. The van der Waals surface area contributed by atoms with E-state index in [0.29, 0.717) is 17.3 Å². The number of hydrogen-bond donors (Lipinski definition) is 1. The fourth-order valence-corrected chi connectivity index (χ4v) is 5.76. The zero-order chi connectivity index (χ0) is 18.0. The Hall–Kier alpha value is -1.71. The lowest BCUT2D eigenvalue weighted by Gasteiger charge is -2.32. The largest absolute Gasteiger partial charge is 0.352 e. The predicted octanol–water partition coefficient (Wildman–Crippen LogP) is 1.30. The van der Waals surface area contributed by atoms with Gasteiger partial charge in [0.1, 0.15) is 4.21 Å². The molecule has 1 saturated heterocycles. The van der Waals surface area contributed by atoms with Crippen molar-refractivity contribution in [1.29, 1.82) is 0 Å². The molecule has 0 aliphatic carbocycles. The van der Waals surface area contributed by atoms with Gasteiger partial charge in [-0.25, -0.2) is 8.42 Å². The van der Waals surface area contributed by atoms with Crippen LogP contribution in [0.5, 0.6) is 0 Å². The third kappa shape index (κ3) is 4.10. The van der Waals surface area contributed by atoms with Gasteiger partial charge < -0.3 is 5.32 Å². The summed E-state index contributed by atoms with van der Waals surface area (Å²) in [6.45, 7) is 2.69. The van der Waals surface area contributed by atoms with Crippen molar-refractivity contribution in [1.82, 2.24) is 19.4 Å². The van der Waals surface area contributed by atoms with E-state index in [1.807, 2.05) is 20.2 Å². The number of amides is 1. The second kappa shape index (κ2) is 7.27. The van der Waals surface area contributed by atoms with E-state index >= 15 is 0 Å². The minimum atomic E-state index is -3.46. The van der Waals surface area contributed by atoms with Crippen molar-refractivity contribution in [2.75, 3.05) is 13.1 Å². The van der Waals surface area contributed by atoms with Crippen LogP contribution in [0.15, 0.2) is 27.9 Å². The van der Waals surface area contributed by atoms with Crippen molar-refractivity contribution in [2.24, 2.45) is 7.05 Å². The zero-order valence-corrected chi connectivity index (χ0v) is 15.9. The summed E-state index contributed by atoms with van der Waals surface area (Å²) in [4.78, 5) is 12.3. The average Bonchev–Trinajstić information content (AvgIpc) is 3.18. The summed E-state index contributed by atoms with van der Waals surface area (Å²) in [6.07, 6.45) is 3.62. The van der Waals surface area contributed by atoms with Crippen LogP contribution in [-0.4, -0.2) is 47.5 Å². The minimum Gasteiger partial charge on any atom is -0.352 e. The van der Waals surface area contributed by atoms with Crippen molar-refractivity contribution >= 4 is 27.3 Å². The summed E-state index contributed by atoms with van der Waals surface area (Å²) in [6, 6.07) is 3.19. The third-order valence-electron chi connectivity index (χ3n) is 4.30. The van der Waals surface area contributed by atoms with Crippen molar-refractivity contribution in [2.45, 2.75) is 36.4 Å². The molecule has 7 nitrogen and oxygen atoms in total. The maximum atomic E-state index is 12.6. The molecule has 1 aliphatic rings. The number of sulfonamides is 1. The van der Waals surface area contributed by atoms with Crippen LogP contribution in [0.1, 0.15) is 24.1 Å². The summed E-state index contributed by atoms with van der Waals surface area (Å²) in [5, 5.41) is 8.96. The molecule has 0 unspecified atom stereocenters. The fourth-order valence-electron chi connectivity index (χ4n) is 3.09. The van der Waals surface area contributed by atoms with Crippen LogP contribution < -0.4 is 5.32 Å². The molecule has 1 amide bonds. The first-order chi connectivity index (χ1) is 11.9. The molecule has 2 aromatic rings. The van der Waals surface area contributed by atoms with Gasteiger partial charge in [0.15, 0.2) is 0 Å². The SMILES string of the molecule is Cc1nn(C)cc1CC(=O)N[C@@H]1CCCN(S(=O)(=O)c2cccs2)C1. The highest BCUT2D eigenvalue weighted by Crippen LogP contribution is 2.24. The highest BCUT2D eigenvalue weighted by Gasteiger charge is 2.31. The van der Waals surface area contributed by atoms with Crippen LogP contribution in [-0.2, 0) is 28.3 Å². The first-order valence-corrected chi connectivity index (χ1v) is 10.5. The van der Waals surface area contributed by atoms with E-state index in [1.54, 1.807) is 22.2 Å². The van der Waals surface area contributed by atoms with E-state index < -0.39 is 10.0 Å². The predicted molar refractivity (Wildman–Crippen MR) is 95.9 cm³/mol. The maximum Gasteiger partial charge on any atom is 0.252 e. The smallest absolute Gasteiger partial charge is 0.252 e. The average molecular weight is 383 g/mol. The lowest BCUT2D eigenvalue weighted by atomic mass is 10.1. The Balaban J connectivity index is 1.62. The minimum absolute atomic E-state index is 0.100. The lowest BCUT2D eigenvalue weighted by molar-refractivity contribution is -0.121. The number of aromatic nitrogens is 2. The second-order valence-corrected chi connectivity index (χ2v) is 9.40. The van der Waals surface area contributed by atoms with Gasteiger partial charge in [-0.3, -0.25) is 9.48 Å². The van der Waals surface area contributed by atoms with E-state index in [4.69, 9.17) is 0 Å². The molecular weight excluding hydrogens is 360 g/mol. The molecule has 1 N–H and O–H groups in total. The van der Waals surface area contributed by atoms with Gasteiger partial charge in [-0.15, -0.1) is 11.3 Å². The van der Waals surface area contributed by atoms with Gasteiger partial charge in [0.2, 0.25) is 5.91 Å². The molecule has 2 aromatic heterocycles. The molecule has 0 aromatic carbocycles. The van der Waals surface area contributed by atoms with Gasteiger partial charge in [-0.1, -0.05) is 6.07 Å². The standard InChI is InChI=1S/C16H22N4O3S2/c1-12-13(10-19(2)18-12)9-15(21)17-14-5-3-7-20(11-14)25(22,23)16-6-4-8-24-16/h4,6,8,10,14H,3,5,7,9,11H2,1-2H3,(H,17,21)/t14-/m1/s1. The Morgan fingerprint density at radius 1 is 1.48 bits per heavy atom. The maximum absolute atomic E-state index is 12.6. The van der Waals surface area contributed by atoms with Crippen molar-refractivity contribution in [3.63, 3.8) is 0 Å². The van der Waals surface area contributed by atoms with Gasteiger partial charge >= 0.3 is 0 Å². The van der Waals surface area contributed by atoms with Crippen molar-refractivity contribution in [3.8, 4) is 0 Å². The summed E-state index contributed by atoms with van der Waals surface area (Å²) in [7, 11) is -1.64. The molecule has 25 heavy (non-hydrogen) atoms. The van der Waals surface area contributed by atoms with E-state index in [1.165, 1.54) is 15.6 Å². The Morgan fingerprint density at radius 2 is 2.28 bits per heavy atom. The van der Waals surface area contributed by atoms with Crippen LogP contribution in [0.3, 0.4) is 0 Å². The first kappa shape index (κ1) is 18.1. The van der Waals surface area contributed by atoms with Gasteiger partial charge in [-0.2, -0.15) is 9.40 Å². The topological polar surface area (TPSA) is 84.3 Å². The van der Waals surface area contributed by atoms with Gasteiger partial charge in [0.05, 0.1) is 12.1 Å². The van der Waals surface area contributed by atoms with Crippen molar-refractivity contribution in [3.05, 3.63) is 35.0 Å². The van der Waals surface area contributed by atoms with E-state index in [2.05, 4.69) is 10.4 Å². The Morgan fingerprint density at radius 3 is 2.92 bits per heavy atom. The summed E-state index contributed by atoms with van der Waals surface area (Å²) >= 11 is 1.22. The highest BCUT2D eigenvalue weighted by molar-refractivity contribution is 7.91. The number of rotatable bonds is 5. The van der Waals surface area contributed by atoms with Gasteiger partial charge in [0, 0.05) is 37.9 Å². The summed E-state index contributed by atoms with van der Waals surface area (Å²) in [5.74, 6) is -0.100. The highest BCUT2D eigenvalue weighted by atomic mass is 32.2. The second-order valence-electron chi connectivity index (χ2n) is 6.29. The molecule has 0 bridgehead atoms. The Bertz CT molecular complexity index is 843. The molecule has 0 radical (unpaired) electrons. The van der Waals surface area contributed by atoms with Crippen LogP contribution in [0.2, 0.25) is 0 Å². The molecule has 0 spiro atoms. The number of thiophene rings is 1. The van der Waals surface area contributed by atoms with Crippen LogP contribution in [0, 0.1) is 6.92 Å². The number of hydrogen-bond acceptors (Lipinski definition) is 5. The quantitative estimate of drug-likeness (QED) is 0.845. The lowest BCUT2D eigenvalue weighted by Crippen LogP contribution is -2.49. The van der Waals surface area contributed by atoms with E-state index in [-0.39, 0.29) is 18.4 Å². The molecule has 0 saturated carbocycles. The van der Waals surface area contributed by atoms with Crippen molar-refractivity contribution < 1.29 is 13.2 Å². The molecule has 1 atom stereocenters. The van der Waals surface area contributed by atoms with Crippen LogP contribution >= 0.6 is 11.3 Å². The Kier molecular flexibility index (Phi) is 5.26. The van der Waals surface area contributed by atoms with Gasteiger partial charge in [-0.05, 0) is 31.2 Å². The monoisotopic (exact) mass is 382 g/mol. The molecule has 3 rings (SSSR count). The van der Waals surface area contributed by atoms with Gasteiger partial charge in [0.25, 0.3) is 10.0 Å². The number of nitrogens with zero attached hydrogens (tertiary/aromatic N) is 3. The number of carbonyl (C=O) groups is 1. The molecular formula is C16H22N4O3S2. The van der Waals surface area contributed by atoms with Crippen LogP contribution in [0.25, 0.3) is 0 Å². The number of nitrogens with one attached hydrogen (secondary N) is 1. The number of aryl methyl sites for hydroxylation is 2. The third-order valence-corrected chi connectivity index (χ3v) is 7.54. The van der Waals surface area contributed by atoms with Crippen LogP contribution in [0.4, 0.5) is 0 Å². The van der Waals surface area contributed by atoms with E-state index in [0.717, 1.165) is 24.1 Å². The number of piperidine rings is 1. The Labute approximate surface area is 151 Å². The molecule has 1 aliphatic heterocycles. The normalized spacial score (nSPS) is 19.0. The molecule has 9 heteroatoms. The molecule has 136 valence electrons. The summed E-state index contributed by atoms with van der Waals surface area (Å²) in [5.41, 5.74) is 1.72. The fraction of sp³-hybridized carbons (Fsp3) is 0.500. The number of carbonyl (C=O) groups excluding carboxylic acids is 1. The first-order valence-electron chi connectivity index (χ1n) is 8.18. The molecule has 3 heterocycles.